The average Bonchev–Trinajstić information content (AvgIpc) is 2.55. The molecule has 2 aromatic rings. The Balaban J connectivity index is 2.25. The van der Waals surface area contributed by atoms with Crippen LogP contribution in [0.2, 0.25) is 15.1 Å². The van der Waals surface area contributed by atoms with Crippen LogP contribution in [0.4, 0.5) is 0 Å². The van der Waals surface area contributed by atoms with E-state index in [0.29, 0.717) is 33.3 Å². The van der Waals surface area contributed by atoms with Crippen LogP contribution in [0.1, 0.15) is 43.7 Å². The lowest BCUT2D eigenvalue weighted by molar-refractivity contribution is 0.533. The molecule has 2 rings (SSSR count). The Morgan fingerprint density at radius 2 is 1.58 bits per heavy atom. The summed E-state index contributed by atoms with van der Waals surface area (Å²) in [6, 6.07) is 13.4. The van der Waals surface area contributed by atoms with Crippen molar-refractivity contribution in [3.8, 4) is 0 Å². The molecule has 26 heavy (non-hydrogen) atoms. The van der Waals surface area contributed by atoms with Gasteiger partial charge in [0.1, 0.15) is 5.75 Å². The summed E-state index contributed by atoms with van der Waals surface area (Å²) in [5.74, 6) is 1.22. The van der Waals surface area contributed by atoms with Gasteiger partial charge in [-0.15, -0.1) is 4.72 Å². The Labute approximate surface area is 174 Å². The van der Waals surface area contributed by atoms with Crippen LogP contribution in [0.25, 0.3) is 0 Å². The molecule has 0 amide bonds. The third-order valence-corrected chi connectivity index (χ3v) is 6.58. The minimum Gasteiger partial charge on any atom is -0.598 e. The zero-order valence-corrected chi connectivity index (χ0v) is 18.2. The maximum Gasteiger partial charge on any atom is 0.127 e. The average molecular weight is 433 g/mol. The molecule has 0 spiro atoms. The molecule has 0 aromatic heterocycles. The van der Waals surface area contributed by atoms with Crippen LogP contribution in [-0.2, 0) is 11.4 Å². The van der Waals surface area contributed by atoms with Crippen molar-refractivity contribution in [1.29, 1.82) is 0 Å². The molecule has 6 heteroatoms. The van der Waals surface area contributed by atoms with Gasteiger partial charge in [-0.25, -0.2) is 0 Å². The topological polar surface area (TPSA) is 35.1 Å². The number of benzene rings is 2. The van der Waals surface area contributed by atoms with E-state index in [-0.39, 0.29) is 11.8 Å². The molecule has 0 heterocycles. The summed E-state index contributed by atoms with van der Waals surface area (Å²) in [6.07, 6.45) is 0. The first kappa shape index (κ1) is 21.9. The minimum absolute atomic E-state index is 0.0991. The van der Waals surface area contributed by atoms with E-state index < -0.39 is 11.4 Å². The lowest BCUT2D eigenvalue weighted by Crippen LogP contribution is -2.33. The Morgan fingerprint density at radius 3 is 2.15 bits per heavy atom. The van der Waals surface area contributed by atoms with Gasteiger partial charge in [-0.1, -0.05) is 73.8 Å². The largest absolute Gasteiger partial charge is 0.598 e. The fraction of sp³-hybridized carbons (Fsp3) is 0.400. The summed E-state index contributed by atoms with van der Waals surface area (Å²) in [7, 11) is 0. The van der Waals surface area contributed by atoms with Crippen molar-refractivity contribution in [2.24, 2.45) is 5.92 Å². The first-order chi connectivity index (χ1) is 12.3. The molecule has 2 nitrogen and oxygen atoms in total. The second kappa shape index (κ2) is 10.2. The van der Waals surface area contributed by atoms with Gasteiger partial charge in [-0.2, -0.15) is 0 Å². The van der Waals surface area contributed by atoms with Crippen LogP contribution < -0.4 is 4.72 Å². The highest BCUT2D eigenvalue weighted by molar-refractivity contribution is 7.89. The molecular weight excluding hydrogens is 409 g/mol. The molecule has 0 aliphatic carbocycles. The van der Waals surface area contributed by atoms with E-state index >= 15 is 0 Å². The predicted molar refractivity (Wildman–Crippen MR) is 115 cm³/mol. The lowest BCUT2D eigenvalue weighted by atomic mass is 9.83. The predicted octanol–water partition coefficient (Wildman–Crippen LogP) is 6.44. The Morgan fingerprint density at radius 1 is 0.962 bits per heavy atom. The number of halogens is 3. The molecule has 0 bridgehead atoms. The Bertz CT molecular complexity index is 709. The van der Waals surface area contributed by atoms with E-state index in [1.165, 1.54) is 0 Å². The number of rotatable bonds is 8. The van der Waals surface area contributed by atoms with Crippen LogP contribution in [0.3, 0.4) is 0 Å². The first-order valence-electron chi connectivity index (χ1n) is 8.60. The van der Waals surface area contributed by atoms with Crippen LogP contribution in [-0.4, -0.2) is 16.9 Å². The second-order valence-corrected chi connectivity index (χ2v) is 9.46. The van der Waals surface area contributed by atoms with Crippen molar-refractivity contribution < 1.29 is 4.55 Å². The maximum atomic E-state index is 12.2. The van der Waals surface area contributed by atoms with Gasteiger partial charge in [-0.3, -0.25) is 0 Å². The smallest absolute Gasteiger partial charge is 0.127 e. The highest BCUT2D eigenvalue weighted by atomic mass is 35.5. The van der Waals surface area contributed by atoms with Crippen LogP contribution in [0, 0.1) is 5.92 Å². The molecule has 0 aliphatic rings. The van der Waals surface area contributed by atoms with Gasteiger partial charge in [0.05, 0.1) is 0 Å². The van der Waals surface area contributed by atoms with E-state index in [2.05, 4.69) is 25.5 Å². The van der Waals surface area contributed by atoms with Crippen molar-refractivity contribution in [3.63, 3.8) is 0 Å². The van der Waals surface area contributed by atoms with E-state index in [1.54, 1.807) is 6.07 Å². The molecule has 0 fully saturated rings. The number of hydrogen-bond acceptors (Lipinski definition) is 2. The van der Waals surface area contributed by atoms with Crippen LogP contribution in [0.5, 0.6) is 0 Å². The molecule has 0 aliphatic heterocycles. The zero-order chi connectivity index (χ0) is 19.3. The lowest BCUT2D eigenvalue weighted by Gasteiger charge is -2.26. The van der Waals surface area contributed by atoms with Crippen molar-refractivity contribution in [3.05, 3.63) is 68.7 Å². The minimum atomic E-state index is -1.06. The van der Waals surface area contributed by atoms with Crippen LogP contribution in [0.15, 0.2) is 42.5 Å². The fourth-order valence-corrected chi connectivity index (χ4v) is 4.72. The first-order valence-corrected chi connectivity index (χ1v) is 11.1. The molecule has 2 aromatic carbocycles. The molecule has 142 valence electrons. The van der Waals surface area contributed by atoms with Gasteiger partial charge in [0.25, 0.3) is 0 Å². The quantitative estimate of drug-likeness (QED) is 0.487. The zero-order valence-electron chi connectivity index (χ0n) is 15.1. The fourth-order valence-electron chi connectivity index (χ4n) is 2.93. The molecule has 3 atom stereocenters. The van der Waals surface area contributed by atoms with Crippen molar-refractivity contribution in [1.82, 2.24) is 4.72 Å². The Kier molecular flexibility index (Phi) is 8.59. The van der Waals surface area contributed by atoms with E-state index in [4.69, 9.17) is 34.8 Å². The standard InChI is InChI=1S/C20H24Cl3NOS/c1-13(2)12-26(25)24-11-19(15-4-6-16(21)7-5-15)14(3)18-9-8-17(22)10-20(18)23/h4-10,13-14,19,24H,11-12H2,1-3H3. The van der Waals surface area contributed by atoms with Gasteiger partial charge < -0.3 is 4.55 Å². The summed E-state index contributed by atoms with van der Waals surface area (Å²) in [5.41, 5.74) is 2.15. The molecule has 3 unspecified atom stereocenters. The summed E-state index contributed by atoms with van der Waals surface area (Å²) in [5, 5.41) is 1.96. The van der Waals surface area contributed by atoms with E-state index in [1.807, 2.05) is 36.4 Å². The highest BCUT2D eigenvalue weighted by Crippen LogP contribution is 2.37. The number of nitrogens with one attached hydrogen (secondary N) is 1. The molecule has 1 N–H and O–H groups in total. The van der Waals surface area contributed by atoms with Gasteiger partial charge in [0.2, 0.25) is 0 Å². The van der Waals surface area contributed by atoms with Crippen molar-refractivity contribution >= 4 is 46.2 Å². The van der Waals surface area contributed by atoms with Crippen molar-refractivity contribution in [2.75, 3.05) is 12.3 Å². The molecule has 0 saturated carbocycles. The molecule has 0 saturated heterocycles. The van der Waals surface area contributed by atoms with Crippen molar-refractivity contribution in [2.45, 2.75) is 32.6 Å². The van der Waals surface area contributed by atoms with Gasteiger partial charge in [0, 0.05) is 38.9 Å². The number of hydrogen-bond donors (Lipinski definition) is 1. The van der Waals surface area contributed by atoms with E-state index in [0.717, 1.165) is 11.1 Å². The summed E-state index contributed by atoms with van der Waals surface area (Å²) < 4.78 is 15.4. The summed E-state index contributed by atoms with van der Waals surface area (Å²) in [4.78, 5) is 0. The highest BCUT2D eigenvalue weighted by Gasteiger charge is 2.25. The third kappa shape index (κ3) is 6.33. The maximum absolute atomic E-state index is 12.2. The normalized spacial score (nSPS) is 15.1. The Hall–Kier alpha value is -0.420. The van der Waals surface area contributed by atoms with Gasteiger partial charge in [-0.05, 0) is 47.2 Å². The SMILES string of the molecule is CC(C)C[S+]([O-])NCC(c1ccc(Cl)cc1)C(C)c1ccc(Cl)cc1Cl. The summed E-state index contributed by atoms with van der Waals surface area (Å²) in [6.45, 7) is 6.83. The molecule has 0 radical (unpaired) electrons. The van der Waals surface area contributed by atoms with E-state index in [9.17, 15) is 4.55 Å². The third-order valence-electron chi connectivity index (χ3n) is 4.30. The second-order valence-electron chi connectivity index (χ2n) is 6.87. The monoisotopic (exact) mass is 431 g/mol. The summed E-state index contributed by atoms with van der Waals surface area (Å²) >= 11 is 17.4. The van der Waals surface area contributed by atoms with Gasteiger partial charge >= 0.3 is 0 Å². The van der Waals surface area contributed by atoms with Gasteiger partial charge in [0.15, 0.2) is 0 Å². The molecular formula is C20H24Cl3NOS. The van der Waals surface area contributed by atoms with Crippen LogP contribution >= 0.6 is 34.8 Å².